The molecular formula is C26H23N3O5S. The van der Waals surface area contributed by atoms with Crippen LogP contribution in [0.5, 0.6) is 0 Å². The number of benzene rings is 2. The molecular weight excluding hydrogens is 466 g/mol. The molecule has 1 aromatic heterocycles. The number of rotatable bonds is 6. The molecule has 2 aliphatic rings. The van der Waals surface area contributed by atoms with Crippen LogP contribution >= 0.6 is 11.3 Å². The number of thiazole rings is 1. The number of allylic oxidation sites excluding steroid dienone is 1. The fourth-order valence-corrected chi connectivity index (χ4v) is 5.30. The monoisotopic (exact) mass is 489 g/mol. The van der Waals surface area contributed by atoms with Gasteiger partial charge in [-0.1, -0.05) is 72.0 Å². The smallest absolute Gasteiger partial charge is 0.413 e. The van der Waals surface area contributed by atoms with Crippen molar-refractivity contribution in [2.24, 2.45) is 5.92 Å². The third-order valence-electron chi connectivity index (χ3n) is 6.28. The summed E-state index contributed by atoms with van der Waals surface area (Å²) in [6.07, 6.45) is 5.09. The second kappa shape index (κ2) is 9.71. The number of amides is 2. The van der Waals surface area contributed by atoms with Gasteiger partial charge in [-0.25, -0.2) is 9.78 Å². The summed E-state index contributed by atoms with van der Waals surface area (Å²) in [4.78, 5) is 40.6. The van der Waals surface area contributed by atoms with Crippen molar-refractivity contribution >= 4 is 34.4 Å². The zero-order chi connectivity index (χ0) is 24.4. The minimum absolute atomic E-state index is 0.0519. The lowest BCUT2D eigenvalue weighted by Crippen LogP contribution is -2.37. The van der Waals surface area contributed by atoms with Gasteiger partial charge in [0.05, 0.1) is 12.1 Å². The highest BCUT2D eigenvalue weighted by Gasteiger charge is 2.29. The lowest BCUT2D eigenvalue weighted by atomic mass is 9.91. The summed E-state index contributed by atoms with van der Waals surface area (Å²) in [6, 6.07) is 15.8. The first-order valence-corrected chi connectivity index (χ1v) is 12.1. The van der Waals surface area contributed by atoms with E-state index < -0.39 is 18.0 Å². The Morgan fingerprint density at radius 1 is 1.06 bits per heavy atom. The number of fused-ring (bicyclic) bond motifs is 3. The van der Waals surface area contributed by atoms with E-state index in [1.165, 1.54) is 6.20 Å². The standard InChI is InChI=1S/C26H23N3O5S/c30-23(28-16-7-5-6-15(12-16)24(31)32)22-13-27-25(35-22)29-26(33)34-14-21-19-10-3-1-8-17(19)18-9-2-4-11-20(18)21/h1-5,7-11,13,15-16,21H,6,12,14H2,(H,28,30)(H,31,32)(H,27,29,33)/t15-,16-/m1/s1. The number of carboxylic acid groups (broad SMARTS) is 1. The van der Waals surface area contributed by atoms with Gasteiger partial charge >= 0.3 is 12.1 Å². The van der Waals surface area contributed by atoms with Gasteiger partial charge in [0.15, 0.2) is 5.13 Å². The Hall–Kier alpha value is -3.98. The normalized spacial score (nSPS) is 18.4. The molecule has 8 nitrogen and oxygen atoms in total. The van der Waals surface area contributed by atoms with Gasteiger partial charge in [0, 0.05) is 12.0 Å². The van der Waals surface area contributed by atoms with E-state index in [1.807, 2.05) is 36.4 Å². The quantitative estimate of drug-likeness (QED) is 0.434. The molecule has 2 aliphatic carbocycles. The SMILES string of the molecule is O=C(Nc1ncc(C(=O)N[C@@H]2C=CC[C@@H](C(=O)O)C2)s1)OCC1c2ccccc2-c2ccccc21. The highest BCUT2D eigenvalue weighted by Crippen LogP contribution is 2.44. The van der Waals surface area contributed by atoms with E-state index in [2.05, 4.69) is 27.8 Å². The van der Waals surface area contributed by atoms with E-state index in [0.717, 1.165) is 33.6 Å². The summed E-state index contributed by atoms with van der Waals surface area (Å²) < 4.78 is 5.52. The van der Waals surface area contributed by atoms with Crippen molar-refractivity contribution < 1.29 is 24.2 Å². The molecule has 0 saturated heterocycles. The van der Waals surface area contributed by atoms with E-state index >= 15 is 0 Å². The average Bonchev–Trinajstić information content (AvgIpc) is 3.46. The van der Waals surface area contributed by atoms with Crippen molar-refractivity contribution in [1.82, 2.24) is 10.3 Å². The summed E-state index contributed by atoms with van der Waals surface area (Å²) in [5, 5.41) is 14.8. The Morgan fingerprint density at radius 3 is 2.43 bits per heavy atom. The number of carbonyl (C=O) groups is 3. The van der Waals surface area contributed by atoms with Gasteiger partial charge in [-0.3, -0.25) is 14.9 Å². The van der Waals surface area contributed by atoms with E-state index in [1.54, 1.807) is 12.2 Å². The predicted octanol–water partition coefficient (Wildman–Crippen LogP) is 4.65. The first kappa shape index (κ1) is 22.8. The minimum Gasteiger partial charge on any atom is -0.481 e. The van der Waals surface area contributed by atoms with Crippen LogP contribution in [0, 0.1) is 5.92 Å². The maximum absolute atomic E-state index is 12.6. The molecule has 3 N–H and O–H groups in total. The highest BCUT2D eigenvalue weighted by atomic mass is 32.1. The topological polar surface area (TPSA) is 118 Å². The fourth-order valence-electron chi connectivity index (χ4n) is 4.60. The van der Waals surface area contributed by atoms with Crippen molar-refractivity contribution in [3.8, 4) is 11.1 Å². The van der Waals surface area contributed by atoms with E-state index in [-0.39, 0.29) is 29.6 Å². The van der Waals surface area contributed by atoms with Crippen LogP contribution in [0.25, 0.3) is 11.1 Å². The maximum atomic E-state index is 12.6. The van der Waals surface area contributed by atoms with Gasteiger partial charge in [0.1, 0.15) is 11.5 Å². The average molecular weight is 490 g/mol. The number of aromatic nitrogens is 1. The molecule has 9 heteroatoms. The van der Waals surface area contributed by atoms with Crippen LogP contribution in [0.4, 0.5) is 9.93 Å². The van der Waals surface area contributed by atoms with Crippen LogP contribution in [-0.4, -0.2) is 40.7 Å². The number of hydrogen-bond donors (Lipinski definition) is 3. The summed E-state index contributed by atoms with van der Waals surface area (Å²) in [5.74, 6) is -1.81. The molecule has 0 unspecified atom stereocenters. The second-order valence-corrected chi connectivity index (χ2v) is 9.53. The molecule has 178 valence electrons. The largest absolute Gasteiger partial charge is 0.481 e. The first-order chi connectivity index (χ1) is 17.0. The number of aliphatic carboxylic acids is 1. The molecule has 1 heterocycles. The van der Waals surface area contributed by atoms with Gasteiger partial charge in [0.2, 0.25) is 0 Å². The van der Waals surface area contributed by atoms with Crippen LogP contribution in [0.1, 0.15) is 39.6 Å². The minimum atomic E-state index is -0.874. The summed E-state index contributed by atoms with van der Waals surface area (Å²) in [5.41, 5.74) is 4.54. The van der Waals surface area contributed by atoms with Crippen LogP contribution < -0.4 is 10.6 Å². The lowest BCUT2D eigenvalue weighted by Gasteiger charge is -2.22. The number of anilines is 1. The molecule has 0 aliphatic heterocycles. The third-order valence-corrected chi connectivity index (χ3v) is 7.19. The van der Waals surface area contributed by atoms with Crippen molar-refractivity contribution in [2.75, 3.05) is 11.9 Å². The number of ether oxygens (including phenoxy) is 1. The number of nitrogens with one attached hydrogen (secondary N) is 2. The first-order valence-electron chi connectivity index (χ1n) is 11.3. The highest BCUT2D eigenvalue weighted by molar-refractivity contribution is 7.17. The maximum Gasteiger partial charge on any atom is 0.413 e. The van der Waals surface area contributed by atoms with Crippen molar-refractivity contribution in [3.05, 3.63) is 82.9 Å². The van der Waals surface area contributed by atoms with Crippen molar-refractivity contribution in [2.45, 2.75) is 24.8 Å². The predicted molar refractivity (Wildman–Crippen MR) is 132 cm³/mol. The molecule has 0 spiro atoms. The van der Waals surface area contributed by atoms with Gasteiger partial charge in [0.25, 0.3) is 5.91 Å². The molecule has 3 aromatic rings. The molecule has 2 amide bonds. The van der Waals surface area contributed by atoms with Gasteiger partial charge in [-0.2, -0.15) is 0 Å². The Labute approximate surface area is 205 Å². The van der Waals surface area contributed by atoms with Crippen LogP contribution in [-0.2, 0) is 9.53 Å². The molecule has 0 saturated carbocycles. The molecule has 35 heavy (non-hydrogen) atoms. The lowest BCUT2D eigenvalue weighted by molar-refractivity contribution is -0.142. The Balaban J connectivity index is 1.17. The van der Waals surface area contributed by atoms with Crippen LogP contribution in [0.3, 0.4) is 0 Å². The zero-order valence-corrected chi connectivity index (χ0v) is 19.5. The number of nitrogens with zero attached hydrogens (tertiary/aromatic N) is 1. The molecule has 5 rings (SSSR count). The van der Waals surface area contributed by atoms with E-state index in [0.29, 0.717) is 17.7 Å². The Kier molecular flexibility index (Phi) is 6.33. The second-order valence-electron chi connectivity index (χ2n) is 8.49. The fraction of sp³-hybridized carbons (Fsp3) is 0.231. The van der Waals surface area contributed by atoms with Gasteiger partial charge in [-0.05, 0) is 35.1 Å². The van der Waals surface area contributed by atoms with Crippen LogP contribution in [0.2, 0.25) is 0 Å². The molecule has 2 atom stereocenters. The molecule has 2 aromatic carbocycles. The number of hydrogen-bond acceptors (Lipinski definition) is 6. The number of carbonyl (C=O) groups excluding carboxylic acids is 2. The van der Waals surface area contributed by atoms with Crippen LogP contribution in [0.15, 0.2) is 66.9 Å². The summed E-state index contributed by atoms with van der Waals surface area (Å²) >= 11 is 1.02. The summed E-state index contributed by atoms with van der Waals surface area (Å²) in [7, 11) is 0. The van der Waals surface area contributed by atoms with Crippen molar-refractivity contribution in [1.29, 1.82) is 0 Å². The van der Waals surface area contributed by atoms with Crippen molar-refractivity contribution in [3.63, 3.8) is 0 Å². The molecule has 0 fully saturated rings. The van der Waals surface area contributed by atoms with E-state index in [4.69, 9.17) is 4.74 Å². The summed E-state index contributed by atoms with van der Waals surface area (Å²) in [6.45, 7) is 0.178. The zero-order valence-electron chi connectivity index (χ0n) is 18.6. The molecule has 0 bridgehead atoms. The molecule has 0 radical (unpaired) electrons. The Bertz CT molecular complexity index is 1270. The Morgan fingerprint density at radius 2 is 1.74 bits per heavy atom. The van der Waals surface area contributed by atoms with Gasteiger partial charge in [-0.15, -0.1) is 0 Å². The third kappa shape index (κ3) is 4.81. The van der Waals surface area contributed by atoms with Gasteiger partial charge < -0.3 is 15.2 Å². The number of carboxylic acids is 1. The van der Waals surface area contributed by atoms with E-state index in [9.17, 15) is 19.5 Å².